The van der Waals surface area contributed by atoms with E-state index in [1.807, 2.05) is 0 Å². The normalized spacial score (nSPS) is 12.9. The molecule has 1 aromatic heterocycles. The fraction of sp³-hybridized carbons (Fsp3) is 0.120. The third-order valence-corrected chi connectivity index (χ3v) is 5.59. The Morgan fingerprint density at radius 2 is 1.86 bits per heavy atom. The van der Waals surface area contributed by atoms with E-state index in [4.69, 9.17) is 0 Å². The molecule has 1 aliphatic rings. The van der Waals surface area contributed by atoms with Crippen LogP contribution in [0.3, 0.4) is 0 Å². The summed E-state index contributed by atoms with van der Waals surface area (Å²) in [7, 11) is 0. The lowest BCUT2D eigenvalue weighted by Crippen LogP contribution is -2.42. The molecule has 3 aromatic carbocycles. The molecule has 2 heterocycles. The van der Waals surface area contributed by atoms with Gasteiger partial charge in [0.05, 0.1) is 28.0 Å². The number of carbonyl (C=O) groups is 3. The van der Waals surface area contributed by atoms with Gasteiger partial charge in [0.25, 0.3) is 0 Å². The number of rotatable bonds is 5. The Labute approximate surface area is 198 Å². The maximum Gasteiger partial charge on any atom is 0.244 e. The topological polar surface area (TPSA) is 107 Å². The van der Waals surface area contributed by atoms with Crippen LogP contribution in [0, 0.1) is 11.6 Å². The molecule has 10 heteroatoms. The molecular formula is C25H19F2N5O3. The van der Waals surface area contributed by atoms with Crippen LogP contribution in [0.25, 0.3) is 22.4 Å². The summed E-state index contributed by atoms with van der Waals surface area (Å²) < 4.78 is 27.6. The van der Waals surface area contributed by atoms with Crippen molar-refractivity contribution in [2.75, 3.05) is 22.1 Å². The highest BCUT2D eigenvalue weighted by Gasteiger charge is 2.26. The van der Waals surface area contributed by atoms with Crippen molar-refractivity contribution in [3.8, 4) is 11.4 Å². The van der Waals surface area contributed by atoms with Crippen LogP contribution in [-0.2, 0) is 14.4 Å². The number of nitrogens with zero attached hydrogens (tertiary/aromatic N) is 2. The Bertz CT molecular complexity index is 1480. The number of halogens is 2. The van der Waals surface area contributed by atoms with Crippen molar-refractivity contribution in [2.24, 2.45) is 0 Å². The number of benzene rings is 3. The van der Waals surface area contributed by atoms with Crippen molar-refractivity contribution < 1.29 is 23.2 Å². The molecule has 0 spiro atoms. The quantitative estimate of drug-likeness (QED) is 0.402. The van der Waals surface area contributed by atoms with Crippen LogP contribution in [0.15, 0.2) is 60.7 Å². The fourth-order valence-corrected chi connectivity index (χ4v) is 3.93. The van der Waals surface area contributed by atoms with E-state index in [0.717, 1.165) is 18.2 Å². The number of aromatic nitrogens is 2. The highest BCUT2D eigenvalue weighted by Crippen LogP contribution is 2.30. The molecule has 176 valence electrons. The van der Waals surface area contributed by atoms with Gasteiger partial charge in [-0.3, -0.25) is 14.4 Å². The molecule has 8 nitrogen and oxygen atoms in total. The van der Waals surface area contributed by atoms with Crippen LogP contribution < -0.4 is 15.5 Å². The van der Waals surface area contributed by atoms with Crippen LogP contribution in [0.1, 0.15) is 12.8 Å². The maximum absolute atomic E-state index is 14.1. The van der Waals surface area contributed by atoms with Gasteiger partial charge in [-0.2, -0.15) is 0 Å². The first-order chi connectivity index (χ1) is 16.9. The standard InChI is InChI=1S/C25H19F2N5O3/c26-14-5-7-17(27)16(11-14)25-30-18-8-6-15(12-20(18)31-25)28-22(33)9-10-24(35)32-13-23(34)29-19-3-1-2-4-21(19)32/h1-8,11-12H,9-10,13H2,(H,28,33)(H,29,34)(H,30,31). The second-order valence-electron chi connectivity index (χ2n) is 8.03. The number of para-hydroxylation sites is 2. The molecule has 3 amide bonds. The lowest BCUT2D eigenvalue weighted by molar-refractivity contribution is -0.124. The molecule has 4 aromatic rings. The second kappa shape index (κ2) is 8.98. The lowest BCUT2D eigenvalue weighted by atomic mass is 10.1. The predicted octanol–water partition coefficient (Wildman–Crippen LogP) is 4.21. The summed E-state index contributed by atoms with van der Waals surface area (Å²) in [6.07, 6.45) is -0.164. The number of carbonyl (C=O) groups excluding carboxylic acids is 3. The number of anilines is 3. The van der Waals surface area contributed by atoms with E-state index in [0.29, 0.717) is 28.1 Å². The Hall–Kier alpha value is -4.60. The van der Waals surface area contributed by atoms with E-state index >= 15 is 0 Å². The van der Waals surface area contributed by atoms with Gasteiger partial charge < -0.3 is 20.5 Å². The van der Waals surface area contributed by atoms with Crippen LogP contribution in [-0.4, -0.2) is 34.2 Å². The number of amides is 3. The Kier molecular flexibility index (Phi) is 5.69. The van der Waals surface area contributed by atoms with E-state index in [-0.39, 0.29) is 48.5 Å². The van der Waals surface area contributed by atoms with Crippen molar-refractivity contribution in [2.45, 2.75) is 12.8 Å². The largest absolute Gasteiger partial charge is 0.338 e. The third kappa shape index (κ3) is 4.58. The summed E-state index contributed by atoms with van der Waals surface area (Å²) in [5, 5.41) is 5.43. The fourth-order valence-electron chi connectivity index (χ4n) is 3.93. The molecule has 35 heavy (non-hydrogen) atoms. The zero-order valence-corrected chi connectivity index (χ0v) is 18.3. The lowest BCUT2D eigenvalue weighted by Gasteiger charge is -2.29. The summed E-state index contributed by atoms with van der Waals surface area (Å²) in [6.45, 7) is -0.109. The minimum atomic E-state index is -0.613. The van der Waals surface area contributed by atoms with Crippen molar-refractivity contribution in [3.05, 3.63) is 72.3 Å². The molecular weight excluding hydrogens is 456 g/mol. The first-order valence-electron chi connectivity index (χ1n) is 10.8. The summed E-state index contributed by atoms with van der Waals surface area (Å²) in [5.74, 6) is -2.06. The Morgan fingerprint density at radius 1 is 1.03 bits per heavy atom. The number of fused-ring (bicyclic) bond motifs is 2. The van der Waals surface area contributed by atoms with E-state index in [2.05, 4.69) is 20.6 Å². The molecule has 5 rings (SSSR count). The zero-order valence-electron chi connectivity index (χ0n) is 18.3. The second-order valence-corrected chi connectivity index (χ2v) is 8.03. The zero-order chi connectivity index (χ0) is 24.5. The third-order valence-electron chi connectivity index (χ3n) is 5.59. The highest BCUT2D eigenvalue weighted by molar-refractivity contribution is 6.10. The Balaban J connectivity index is 1.25. The molecule has 1 aliphatic heterocycles. The number of aromatic amines is 1. The minimum absolute atomic E-state index is 0.00161. The van der Waals surface area contributed by atoms with Gasteiger partial charge in [0.15, 0.2) is 0 Å². The number of hydrogen-bond acceptors (Lipinski definition) is 4. The molecule has 0 aliphatic carbocycles. The number of hydrogen-bond donors (Lipinski definition) is 3. The average molecular weight is 475 g/mol. The van der Waals surface area contributed by atoms with Gasteiger partial charge >= 0.3 is 0 Å². The minimum Gasteiger partial charge on any atom is -0.338 e. The molecule has 0 saturated carbocycles. The van der Waals surface area contributed by atoms with Gasteiger partial charge in [-0.15, -0.1) is 0 Å². The van der Waals surface area contributed by atoms with E-state index in [1.165, 1.54) is 4.90 Å². The van der Waals surface area contributed by atoms with Gasteiger partial charge in [-0.1, -0.05) is 12.1 Å². The van der Waals surface area contributed by atoms with E-state index in [1.54, 1.807) is 42.5 Å². The molecule has 0 unspecified atom stereocenters. The van der Waals surface area contributed by atoms with Crippen molar-refractivity contribution in [3.63, 3.8) is 0 Å². The van der Waals surface area contributed by atoms with Crippen molar-refractivity contribution in [1.29, 1.82) is 0 Å². The molecule has 3 N–H and O–H groups in total. The number of nitrogens with one attached hydrogen (secondary N) is 3. The summed E-state index contributed by atoms with van der Waals surface area (Å²) in [6, 6.07) is 15.0. The molecule has 0 fully saturated rings. The first kappa shape index (κ1) is 22.2. The predicted molar refractivity (Wildman–Crippen MR) is 127 cm³/mol. The summed E-state index contributed by atoms with van der Waals surface area (Å²) in [5.41, 5.74) is 2.62. The number of H-pyrrole nitrogens is 1. The molecule has 0 atom stereocenters. The van der Waals surface area contributed by atoms with E-state index < -0.39 is 11.6 Å². The van der Waals surface area contributed by atoms with Gasteiger partial charge in [-0.25, -0.2) is 13.8 Å². The Morgan fingerprint density at radius 3 is 2.71 bits per heavy atom. The van der Waals surface area contributed by atoms with Crippen LogP contribution >= 0.6 is 0 Å². The van der Waals surface area contributed by atoms with Crippen LogP contribution in [0.2, 0.25) is 0 Å². The number of imidazole rings is 1. The van der Waals surface area contributed by atoms with Gasteiger partial charge in [-0.05, 0) is 48.5 Å². The van der Waals surface area contributed by atoms with Crippen LogP contribution in [0.5, 0.6) is 0 Å². The first-order valence-corrected chi connectivity index (χ1v) is 10.8. The monoisotopic (exact) mass is 475 g/mol. The van der Waals surface area contributed by atoms with Gasteiger partial charge in [0, 0.05) is 18.5 Å². The average Bonchev–Trinajstić information content (AvgIpc) is 3.26. The highest BCUT2D eigenvalue weighted by atomic mass is 19.1. The molecule has 0 radical (unpaired) electrons. The van der Waals surface area contributed by atoms with Gasteiger partial charge in [0.1, 0.15) is 24.0 Å². The van der Waals surface area contributed by atoms with Gasteiger partial charge in [0.2, 0.25) is 17.7 Å². The summed E-state index contributed by atoms with van der Waals surface area (Å²) >= 11 is 0. The smallest absolute Gasteiger partial charge is 0.244 e. The van der Waals surface area contributed by atoms with Crippen molar-refractivity contribution in [1.82, 2.24) is 9.97 Å². The SMILES string of the molecule is O=C(CCC(=O)N1CC(=O)Nc2ccccc21)Nc1ccc2nc(-c3cc(F)ccc3F)[nH]c2c1. The maximum atomic E-state index is 14.1. The molecule has 0 saturated heterocycles. The molecule has 0 bridgehead atoms. The van der Waals surface area contributed by atoms with Crippen LogP contribution in [0.4, 0.5) is 25.8 Å². The van der Waals surface area contributed by atoms with E-state index in [9.17, 15) is 23.2 Å². The van der Waals surface area contributed by atoms with Crippen molar-refractivity contribution >= 4 is 45.8 Å². The summed E-state index contributed by atoms with van der Waals surface area (Å²) in [4.78, 5) is 45.7.